The molecule has 0 unspecified atom stereocenters. The normalized spacial score (nSPS) is 12.9. The molecule has 9 heteroatoms. The number of rotatable bonds is 5. The smallest absolute Gasteiger partial charge is 0.211 e. The van der Waals surface area contributed by atoms with Crippen LogP contribution in [0.5, 0.6) is 0 Å². The number of nitriles is 1. The fourth-order valence-electron chi connectivity index (χ4n) is 0.419. The minimum absolute atomic E-state index is 1.05. The average Bonchev–Trinajstić information content (AvgIpc) is 2.01. The Bertz CT molecular complexity index is 321. The summed E-state index contributed by atoms with van der Waals surface area (Å²) in [4.78, 5) is 0. The molecule has 0 saturated carbocycles. The van der Waals surface area contributed by atoms with Gasteiger partial charge >= 0.3 is 12.3 Å². The van der Waals surface area contributed by atoms with Crippen molar-refractivity contribution in [3.63, 3.8) is 0 Å². The zero-order valence-corrected chi connectivity index (χ0v) is 7.49. The van der Waals surface area contributed by atoms with Gasteiger partial charge in [0.15, 0.2) is 5.75 Å². The molecular formula is C5H6F4N2O2S. The van der Waals surface area contributed by atoms with E-state index < -0.39 is 34.7 Å². The van der Waals surface area contributed by atoms with Crippen molar-refractivity contribution in [2.24, 2.45) is 0 Å². The first-order chi connectivity index (χ1) is 6.21. The fraction of sp³-hybridized carbons (Fsp3) is 0.800. The lowest BCUT2D eigenvalue weighted by atomic mass is 10.4. The lowest BCUT2D eigenvalue weighted by Gasteiger charge is -2.14. The lowest BCUT2D eigenvalue weighted by Crippen LogP contribution is -2.41. The molecule has 0 aliphatic heterocycles. The summed E-state index contributed by atoms with van der Waals surface area (Å²) in [6, 6.07) is 1.19. The molecule has 0 radical (unpaired) electrons. The summed E-state index contributed by atoms with van der Waals surface area (Å²) >= 11 is 0. The molecule has 82 valence electrons. The van der Waals surface area contributed by atoms with Crippen LogP contribution in [-0.2, 0) is 10.0 Å². The Balaban J connectivity index is 4.27. The topological polar surface area (TPSA) is 70.0 Å². The Morgan fingerprint density at radius 2 is 1.93 bits per heavy atom. The van der Waals surface area contributed by atoms with E-state index in [1.165, 1.54) is 10.8 Å². The third-order valence-electron chi connectivity index (χ3n) is 1.10. The van der Waals surface area contributed by atoms with Crippen LogP contribution in [0.15, 0.2) is 0 Å². The number of hydrogen-bond acceptors (Lipinski definition) is 3. The second-order valence-corrected chi connectivity index (χ2v) is 4.11. The van der Waals surface area contributed by atoms with Crippen LogP contribution >= 0.6 is 0 Å². The molecule has 0 aliphatic rings. The van der Waals surface area contributed by atoms with Crippen molar-refractivity contribution in [1.29, 1.82) is 5.26 Å². The van der Waals surface area contributed by atoms with Crippen molar-refractivity contribution in [1.82, 2.24) is 4.72 Å². The summed E-state index contributed by atoms with van der Waals surface area (Å²) in [5, 5.41) is 7.94. The molecule has 4 nitrogen and oxygen atoms in total. The molecule has 1 N–H and O–H groups in total. The first kappa shape index (κ1) is 13.1. The molecule has 0 aliphatic carbocycles. The third-order valence-corrected chi connectivity index (χ3v) is 2.19. The van der Waals surface area contributed by atoms with Crippen LogP contribution in [0.4, 0.5) is 17.6 Å². The molecule has 0 aromatic rings. The largest absolute Gasteiger partial charge is 0.320 e. The van der Waals surface area contributed by atoms with Gasteiger partial charge in [0.25, 0.3) is 0 Å². The van der Waals surface area contributed by atoms with Gasteiger partial charge in [0.2, 0.25) is 10.0 Å². The van der Waals surface area contributed by atoms with Crippen LogP contribution in [-0.4, -0.2) is 33.1 Å². The Labute approximate surface area is 77.6 Å². The molecule has 14 heavy (non-hydrogen) atoms. The second kappa shape index (κ2) is 4.56. The van der Waals surface area contributed by atoms with Crippen LogP contribution < -0.4 is 4.72 Å². The van der Waals surface area contributed by atoms with E-state index in [0.717, 1.165) is 0 Å². The van der Waals surface area contributed by atoms with Gasteiger partial charge in [-0.25, -0.2) is 21.9 Å². The Morgan fingerprint density at radius 1 is 1.43 bits per heavy atom. The van der Waals surface area contributed by atoms with Gasteiger partial charge in [0.05, 0.1) is 12.6 Å². The molecule has 0 saturated heterocycles. The quantitative estimate of drug-likeness (QED) is 0.697. The van der Waals surface area contributed by atoms with E-state index in [2.05, 4.69) is 0 Å². The van der Waals surface area contributed by atoms with Gasteiger partial charge in [-0.3, -0.25) is 0 Å². The maximum Gasteiger partial charge on any atom is 0.320 e. The first-order valence-corrected chi connectivity index (χ1v) is 4.87. The molecule has 0 fully saturated rings. The maximum absolute atomic E-state index is 12.2. The van der Waals surface area contributed by atoms with Gasteiger partial charge in [-0.1, -0.05) is 0 Å². The molecule has 0 heterocycles. The zero-order valence-electron chi connectivity index (χ0n) is 6.68. The molecule has 0 atom stereocenters. The molecule has 0 aromatic carbocycles. The summed E-state index contributed by atoms with van der Waals surface area (Å²) in [6.45, 7) is -1.71. The van der Waals surface area contributed by atoms with Crippen molar-refractivity contribution >= 4 is 10.0 Å². The lowest BCUT2D eigenvalue weighted by molar-refractivity contribution is -0.122. The van der Waals surface area contributed by atoms with Crippen LogP contribution in [0.2, 0.25) is 0 Å². The highest BCUT2D eigenvalue weighted by Crippen LogP contribution is 2.21. The van der Waals surface area contributed by atoms with Gasteiger partial charge in [-0.05, 0) is 0 Å². The van der Waals surface area contributed by atoms with Crippen molar-refractivity contribution in [3.8, 4) is 6.07 Å². The minimum Gasteiger partial charge on any atom is -0.211 e. The van der Waals surface area contributed by atoms with Gasteiger partial charge in [0.1, 0.15) is 0 Å². The molecule has 0 amide bonds. The summed E-state index contributed by atoms with van der Waals surface area (Å²) in [7, 11) is -4.22. The number of hydrogen-bond donors (Lipinski definition) is 1. The first-order valence-electron chi connectivity index (χ1n) is 3.21. The molecular weight excluding hydrogens is 228 g/mol. The van der Waals surface area contributed by atoms with Gasteiger partial charge < -0.3 is 0 Å². The van der Waals surface area contributed by atoms with Crippen molar-refractivity contribution in [2.45, 2.75) is 12.3 Å². The molecule has 0 rings (SSSR count). The Kier molecular flexibility index (Phi) is 4.28. The van der Waals surface area contributed by atoms with E-state index in [-0.39, 0.29) is 0 Å². The number of nitrogens with zero attached hydrogens (tertiary/aromatic N) is 1. The monoisotopic (exact) mass is 234 g/mol. The van der Waals surface area contributed by atoms with Crippen LogP contribution in [0.25, 0.3) is 0 Å². The van der Waals surface area contributed by atoms with Crippen molar-refractivity contribution in [2.75, 3.05) is 12.3 Å². The van der Waals surface area contributed by atoms with Gasteiger partial charge in [-0.15, -0.1) is 0 Å². The van der Waals surface area contributed by atoms with E-state index >= 15 is 0 Å². The average molecular weight is 234 g/mol. The summed E-state index contributed by atoms with van der Waals surface area (Å²) < 4.78 is 69.7. The third kappa shape index (κ3) is 4.38. The van der Waals surface area contributed by atoms with E-state index in [1.807, 2.05) is 0 Å². The summed E-state index contributed by atoms with van der Waals surface area (Å²) in [6.07, 6.45) is -3.95. The highest BCUT2D eigenvalue weighted by Gasteiger charge is 2.41. The van der Waals surface area contributed by atoms with E-state index in [9.17, 15) is 26.0 Å². The van der Waals surface area contributed by atoms with Crippen LogP contribution in [0.1, 0.15) is 0 Å². The molecule has 0 bridgehead atoms. The number of sulfonamides is 1. The summed E-state index contributed by atoms with van der Waals surface area (Å²) in [5.41, 5.74) is 0. The van der Waals surface area contributed by atoms with E-state index in [4.69, 9.17) is 5.26 Å². The molecule has 0 spiro atoms. The maximum atomic E-state index is 12.2. The van der Waals surface area contributed by atoms with Crippen molar-refractivity contribution < 1.29 is 26.0 Å². The Hall–Kier alpha value is -0.880. The Morgan fingerprint density at radius 3 is 2.29 bits per heavy atom. The standard InChI is InChI=1S/C5H6F4N2O2S/c6-4(7)5(8,9)3-11-14(12,13)2-1-10/h4,11H,2-3H2. The fourth-order valence-corrected chi connectivity index (χ4v) is 1.10. The van der Waals surface area contributed by atoms with Gasteiger partial charge in [0, 0.05) is 0 Å². The van der Waals surface area contributed by atoms with Gasteiger partial charge in [-0.2, -0.15) is 14.0 Å². The number of alkyl halides is 4. The van der Waals surface area contributed by atoms with Crippen molar-refractivity contribution in [3.05, 3.63) is 0 Å². The molecule has 0 aromatic heterocycles. The second-order valence-electron chi connectivity index (χ2n) is 2.30. The highest BCUT2D eigenvalue weighted by molar-refractivity contribution is 7.89. The zero-order chi connectivity index (χ0) is 11.4. The predicted octanol–water partition coefficient (Wildman–Crippen LogP) is 0.330. The van der Waals surface area contributed by atoms with E-state index in [0.29, 0.717) is 0 Å². The predicted molar refractivity (Wildman–Crippen MR) is 38.4 cm³/mol. The van der Waals surface area contributed by atoms with Crippen LogP contribution in [0.3, 0.4) is 0 Å². The summed E-state index contributed by atoms with van der Waals surface area (Å²) in [5.74, 6) is -5.48. The number of halogens is 4. The van der Waals surface area contributed by atoms with E-state index in [1.54, 1.807) is 0 Å². The number of nitrogens with one attached hydrogen (secondary N) is 1. The minimum atomic E-state index is -4.43. The van der Waals surface area contributed by atoms with Crippen LogP contribution in [0, 0.1) is 11.3 Å². The highest BCUT2D eigenvalue weighted by atomic mass is 32.2. The SMILES string of the molecule is N#CCS(=O)(=O)NCC(F)(F)C(F)F.